The standard InChI is InChI=1S/C13H21N3O4S/c1-15-9-11(21(14,19)20)8-12(15)13(18)16-6-2-4-10(16)5-3-7-17/h8-10,17H,2-7H2,1H3,(H2,14,19,20). The third-order valence-corrected chi connectivity index (χ3v) is 4.74. The number of aryl methyl sites for hydroxylation is 1. The predicted octanol–water partition coefficient (Wildman–Crippen LogP) is 0.0496. The number of carbonyl (C=O) groups excluding carboxylic acids is 1. The summed E-state index contributed by atoms with van der Waals surface area (Å²) in [6, 6.07) is 1.43. The molecule has 3 N–H and O–H groups in total. The molecule has 0 aliphatic carbocycles. The van der Waals surface area contributed by atoms with Crippen molar-refractivity contribution in [3.05, 3.63) is 18.0 Å². The highest BCUT2D eigenvalue weighted by Gasteiger charge is 2.30. The molecule has 2 heterocycles. The van der Waals surface area contributed by atoms with Gasteiger partial charge in [-0.05, 0) is 31.7 Å². The highest BCUT2D eigenvalue weighted by Crippen LogP contribution is 2.24. The SMILES string of the molecule is Cn1cc(S(N)(=O)=O)cc1C(=O)N1CCCC1CCCO. The molecule has 1 saturated heterocycles. The fraction of sp³-hybridized carbons (Fsp3) is 0.615. The van der Waals surface area contributed by atoms with Gasteiger partial charge in [0, 0.05) is 32.4 Å². The third kappa shape index (κ3) is 3.45. The lowest BCUT2D eigenvalue weighted by Gasteiger charge is -2.24. The minimum Gasteiger partial charge on any atom is -0.396 e. The van der Waals surface area contributed by atoms with Crippen molar-refractivity contribution in [2.45, 2.75) is 36.6 Å². The number of sulfonamides is 1. The van der Waals surface area contributed by atoms with E-state index in [9.17, 15) is 13.2 Å². The van der Waals surface area contributed by atoms with Crippen LogP contribution in [-0.4, -0.2) is 48.1 Å². The summed E-state index contributed by atoms with van der Waals surface area (Å²) in [6.07, 6.45) is 4.60. The molecule has 1 aliphatic rings. The van der Waals surface area contributed by atoms with Crippen molar-refractivity contribution in [2.24, 2.45) is 12.2 Å². The summed E-state index contributed by atoms with van der Waals surface area (Å²) < 4.78 is 24.2. The molecule has 1 amide bonds. The van der Waals surface area contributed by atoms with Gasteiger partial charge in [-0.15, -0.1) is 0 Å². The highest BCUT2D eigenvalue weighted by molar-refractivity contribution is 7.89. The monoisotopic (exact) mass is 315 g/mol. The van der Waals surface area contributed by atoms with Gasteiger partial charge in [0.15, 0.2) is 0 Å². The Hall–Kier alpha value is -1.38. The molecular weight excluding hydrogens is 294 g/mol. The molecule has 0 bridgehead atoms. The zero-order valence-electron chi connectivity index (χ0n) is 12.0. The van der Waals surface area contributed by atoms with Crippen LogP contribution < -0.4 is 5.14 Å². The molecule has 7 nitrogen and oxygen atoms in total. The fourth-order valence-electron chi connectivity index (χ4n) is 2.78. The van der Waals surface area contributed by atoms with Gasteiger partial charge in [-0.25, -0.2) is 13.6 Å². The Bertz CT molecular complexity index is 623. The van der Waals surface area contributed by atoms with Crippen LogP contribution in [0, 0.1) is 0 Å². The van der Waals surface area contributed by atoms with Gasteiger partial charge in [0.25, 0.3) is 5.91 Å². The van der Waals surface area contributed by atoms with Gasteiger partial charge >= 0.3 is 0 Å². The number of primary sulfonamides is 1. The molecule has 1 aromatic heterocycles. The van der Waals surface area contributed by atoms with E-state index in [2.05, 4.69) is 0 Å². The molecular formula is C13H21N3O4S. The van der Waals surface area contributed by atoms with E-state index in [1.54, 1.807) is 11.9 Å². The van der Waals surface area contributed by atoms with Crippen LogP contribution in [0.15, 0.2) is 17.2 Å². The van der Waals surface area contributed by atoms with Gasteiger partial charge < -0.3 is 14.6 Å². The molecule has 0 saturated carbocycles. The summed E-state index contributed by atoms with van der Waals surface area (Å²) >= 11 is 0. The number of carbonyl (C=O) groups is 1. The average Bonchev–Trinajstić information content (AvgIpc) is 3.01. The van der Waals surface area contributed by atoms with Crippen molar-refractivity contribution in [2.75, 3.05) is 13.2 Å². The minimum atomic E-state index is -3.81. The molecule has 0 aromatic carbocycles. The van der Waals surface area contributed by atoms with Crippen LogP contribution in [0.25, 0.3) is 0 Å². The molecule has 118 valence electrons. The molecule has 1 unspecified atom stereocenters. The minimum absolute atomic E-state index is 0.0561. The highest BCUT2D eigenvalue weighted by atomic mass is 32.2. The van der Waals surface area contributed by atoms with Gasteiger partial charge in [0.1, 0.15) is 10.6 Å². The molecule has 0 radical (unpaired) electrons. The Morgan fingerprint density at radius 3 is 2.81 bits per heavy atom. The van der Waals surface area contributed by atoms with Crippen LogP contribution in [-0.2, 0) is 17.1 Å². The molecule has 2 rings (SSSR count). The van der Waals surface area contributed by atoms with Crippen LogP contribution >= 0.6 is 0 Å². The average molecular weight is 315 g/mol. The zero-order valence-corrected chi connectivity index (χ0v) is 12.8. The van der Waals surface area contributed by atoms with Gasteiger partial charge in [0.2, 0.25) is 10.0 Å². The first kappa shape index (κ1) is 16.0. The Balaban J connectivity index is 2.21. The molecule has 21 heavy (non-hydrogen) atoms. The zero-order chi connectivity index (χ0) is 15.6. The number of hydrogen-bond acceptors (Lipinski definition) is 4. The first-order valence-electron chi connectivity index (χ1n) is 6.95. The van der Waals surface area contributed by atoms with E-state index in [0.717, 1.165) is 19.3 Å². The van der Waals surface area contributed by atoms with Crippen LogP contribution in [0.1, 0.15) is 36.2 Å². The molecule has 0 spiro atoms. The molecule has 1 aromatic rings. The van der Waals surface area contributed by atoms with Gasteiger partial charge in [-0.2, -0.15) is 0 Å². The number of nitrogens with two attached hydrogens (primary N) is 1. The van der Waals surface area contributed by atoms with Gasteiger partial charge in [-0.3, -0.25) is 4.79 Å². The van der Waals surface area contributed by atoms with Crippen molar-refractivity contribution in [1.82, 2.24) is 9.47 Å². The second kappa shape index (κ2) is 6.17. The summed E-state index contributed by atoms with van der Waals surface area (Å²) in [5, 5.41) is 14.0. The summed E-state index contributed by atoms with van der Waals surface area (Å²) in [4.78, 5) is 14.3. The number of amides is 1. The van der Waals surface area contributed by atoms with Crippen LogP contribution in [0.2, 0.25) is 0 Å². The van der Waals surface area contributed by atoms with Crippen molar-refractivity contribution in [3.8, 4) is 0 Å². The van der Waals surface area contributed by atoms with E-state index in [0.29, 0.717) is 18.7 Å². The first-order chi connectivity index (χ1) is 9.84. The van der Waals surface area contributed by atoms with Crippen molar-refractivity contribution in [1.29, 1.82) is 0 Å². The number of hydrogen-bond donors (Lipinski definition) is 2. The largest absolute Gasteiger partial charge is 0.396 e. The van der Waals surface area contributed by atoms with Gasteiger partial charge in [0.05, 0.1) is 0 Å². The second-order valence-corrected chi connectivity index (χ2v) is 6.94. The van der Waals surface area contributed by atoms with E-state index in [4.69, 9.17) is 10.2 Å². The van der Waals surface area contributed by atoms with E-state index >= 15 is 0 Å². The van der Waals surface area contributed by atoms with Crippen molar-refractivity contribution in [3.63, 3.8) is 0 Å². The Kier molecular flexibility index (Phi) is 4.70. The summed E-state index contributed by atoms with van der Waals surface area (Å²) in [5.74, 6) is -0.187. The summed E-state index contributed by atoms with van der Waals surface area (Å²) in [7, 11) is -2.19. The number of rotatable bonds is 5. The molecule has 1 aliphatic heterocycles. The molecule has 1 fully saturated rings. The van der Waals surface area contributed by atoms with E-state index in [-0.39, 0.29) is 23.5 Å². The van der Waals surface area contributed by atoms with Crippen molar-refractivity contribution < 1.29 is 18.3 Å². The number of aromatic nitrogens is 1. The number of nitrogens with zero attached hydrogens (tertiary/aromatic N) is 2. The maximum atomic E-state index is 12.6. The fourth-order valence-corrected chi connectivity index (χ4v) is 3.36. The van der Waals surface area contributed by atoms with E-state index < -0.39 is 10.0 Å². The van der Waals surface area contributed by atoms with Crippen LogP contribution in [0.5, 0.6) is 0 Å². The normalized spacial score (nSPS) is 19.2. The van der Waals surface area contributed by atoms with Crippen LogP contribution in [0.3, 0.4) is 0 Å². The summed E-state index contributed by atoms with van der Waals surface area (Å²) in [5.41, 5.74) is 0.315. The Labute approximate surface area is 124 Å². The van der Waals surface area contributed by atoms with E-state index in [1.165, 1.54) is 16.8 Å². The first-order valence-corrected chi connectivity index (χ1v) is 8.50. The number of aliphatic hydroxyl groups is 1. The lowest BCUT2D eigenvalue weighted by molar-refractivity contribution is 0.0715. The predicted molar refractivity (Wildman–Crippen MR) is 77.2 cm³/mol. The third-order valence-electron chi connectivity index (χ3n) is 3.86. The van der Waals surface area contributed by atoms with Gasteiger partial charge in [-0.1, -0.05) is 0 Å². The summed E-state index contributed by atoms with van der Waals surface area (Å²) in [6.45, 7) is 0.767. The lowest BCUT2D eigenvalue weighted by atomic mass is 10.1. The Morgan fingerprint density at radius 2 is 2.24 bits per heavy atom. The topological polar surface area (TPSA) is 106 Å². The molecule has 8 heteroatoms. The van der Waals surface area contributed by atoms with Crippen LogP contribution in [0.4, 0.5) is 0 Å². The smallest absolute Gasteiger partial charge is 0.270 e. The maximum Gasteiger partial charge on any atom is 0.270 e. The lowest BCUT2D eigenvalue weighted by Crippen LogP contribution is -2.36. The Morgan fingerprint density at radius 1 is 1.52 bits per heavy atom. The molecule has 1 atom stereocenters. The quantitative estimate of drug-likeness (QED) is 0.800. The van der Waals surface area contributed by atoms with Crippen molar-refractivity contribution >= 4 is 15.9 Å². The van der Waals surface area contributed by atoms with E-state index in [1.807, 2.05) is 0 Å². The second-order valence-electron chi connectivity index (χ2n) is 5.38. The maximum absolute atomic E-state index is 12.6. The number of aliphatic hydroxyl groups excluding tert-OH is 1. The number of likely N-dealkylation sites (tertiary alicyclic amines) is 1.